The molecule has 0 spiro atoms. The van der Waals surface area contributed by atoms with Crippen LogP contribution >= 0.6 is 0 Å². The molecule has 1 aromatic heterocycles. The topological polar surface area (TPSA) is 28.2 Å². The third kappa shape index (κ3) is 2.73. The number of nitrogens with one attached hydrogen (secondary N) is 1. The average molecular weight is 245 g/mol. The predicted molar refractivity (Wildman–Crippen MR) is 73.6 cm³/mol. The Morgan fingerprint density at radius 1 is 1.33 bits per heavy atom. The van der Waals surface area contributed by atoms with Gasteiger partial charge in [0.25, 0.3) is 0 Å². The molecule has 18 heavy (non-hydrogen) atoms. The van der Waals surface area contributed by atoms with Gasteiger partial charge in [0.15, 0.2) is 0 Å². The molecule has 2 aliphatic rings. The van der Waals surface area contributed by atoms with Crippen molar-refractivity contribution in [1.82, 2.24) is 15.2 Å². The first-order chi connectivity index (χ1) is 8.93. The van der Waals surface area contributed by atoms with Gasteiger partial charge in [-0.05, 0) is 56.8 Å². The van der Waals surface area contributed by atoms with E-state index < -0.39 is 0 Å². The van der Waals surface area contributed by atoms with Crippen LogP contribution in [0.4, 0.5) is 0 Å². The summed E-state index contributed by atoms with van der Waals surface area (Å²) < 4.78 is 0. The molecule has 2 atom stereocenters. The van der Waals surface area contributed by atoms with Crippen molar-refractivity contribution in [1.29, 1.82) is 0 Å². The highest BCUT2D eigenvalue weighted by atomic mass is 15.2. The van der Waals surface area contributed by atoms with E-state index in [1.54, 1.807) is 0 Å². The highest BCUT2D eigenvalue weighted by Crippen LogP contribution is 2.24. The van der Waals surface area contributed by atoms with E-state index >= 15 is 0 Å². The Kier molecular flexibility index (Phi) is 3.91. The molecule has 98 valence electrons. The van der Waals surface area contributed by atoms with Crippen molar-refractivity contribution in [2.45, 2.75) is 44.2 Å². The van der Waals surface area contributed by atoms with E-state index in [1.807, 2.05) is 18.5 Å². The lowest BCUT2D eigenvalue weighted by Gasteiger charge is -2.29. The summed E-state index contributed by atoms with van der Waals surface area (Å²) in [6.07, 6.45) is 10.5. The van der Waals surface area contributed by atoms with E-state index in [9.17, 15) is 0 Å². The first-order valence-electron chi connectivity index (χ1n) is 7.30. The number of hydrogen-bond acceptors (Lipinski definition) is 3. The monoisotopic (exact) mass is 245 g/mol. The second kappa shape index (κ2) is 5.81. The first kappa shape index (κ1) is 12.1. The molecule has 0 aromatic carbocycles. The molecule has 3 nitrogen and oxygen atoms in total. The van der Waals surface area contributed by atoms with Gasteiger partial charge in [0.05, 0.1) is 0 Å². The van der Waals surface area contributed by atoms with Crippen LogP contribution in [0.3, 0.4) is 0 Å². The van der Waals surface area contributed by atoms with Gasteiger partial charge in [-0.15, -0.1) is 0 Å². The number of aromatic nitrogens is 1. The molecule has 3 rings (SSSR count). The van der Waals surface area contributed by atoms with Gasteiger partial charge in [0, 0.05) is 31.0 Å². The van der Waals surface area contributed by atoms with Gasteiger partial charge in [-0.2, -0.15) is 0 Å². The Bertz CT molecular complexity index is 359. The lowest BCUT2D eigenvalue weighted by atomic mass is 10.0. The fourth-order valence-corrected chi connectivity index (χ4v) is 3.44. The van der Waals surface area contributed by atoms with Crippen LogP contribution in [-0.2, 0) is 6.42 Å². The molecule has 2 aliphatic heterocycles. The highest BCUT2D eigenvalue weighted by molar-refractivity contribution is 5.09. The SMILES string of the molecule is c1cncc(CCN2CCCC2C2CCCN2)c1. The van der Waals surface area contributed by atoms with Gasteiger partial charge in [-0.3, -0.25) is 9.88 Å². The zero-order valence-corrected chi connectivity index (χ0v) is 11.0. The fraction of sp³-hybridized carbons (Fsp3) is 0.667. The summed E-state index contributed by atoms with van der Waals surface area (Å²) in [5.74, 6) is 0. The number of likely N-dealkylation sites (tertiary alicyclic amines) is 1. The summed E-state index contributed by atoms with van der Waals surface area (Å²) >= 11 is 0. The van der Waals surface area contributed by atoms with Crippen molar-refractivity contribution in [2.75, 3.05) is 19.6 Å². The lowest BCUT2D eigenvalue weighted by molar-refractivity contribution is 0.216. The fourth-order valence-electron chi connectivity index (χ4n) is 3.44. The maximum absolute atomic E-state index is 4.20. The van der Waals surface area contributed by atoms with Gasteiger partial charge < -0.3 is 5.32 Å². The standard InChI is InChI=1S/C15H23N3/c1-4-13(12-16-8-1)7-11-18-10-3-6-15(18)14-5-2-9-17-14/h1,4,8,12,14-15,17H,2-3,5-7,9-11H2. The minimum atomic E-state index is 0.751. The van der Waals surface area contributed by atoms with Crippen molar-refractivity contribution < 1.29 is 0 Å². The Morgan fingerprint density at radius 2 is 2.33 bits per heavy atom. The summed E-state index contributed by atoms with van der Waals surface area (Å²) in [4.78, 5) is 6.89. The first-order valence-corrected chi connectivity index (χ1v) is 7.30. The zero-order valence-electron chi connectivity index (χ0n) is 11.0. The van der Waals surface area contributed by atoms with E-state index in [0.29, 0.717) is 0 Å². The third-order valence-corrected chi connectivity index (χ3v) is 4.39. The van der Waals surface area contributed by atoms with E-state index in [-0.39, 0.29) is 0 Å². The maximum Gasteiger partial charge on any atom is 0.0300 e. The van der Waals surface area contributed by atoms with Crippen molar-refractivity contribution in [3.05, 3.63) is 30.1 Å². The van der Waals surface area contributed by atoms with Gasteiger partial charge in [-0.1, -0.05) is 6.07 Å². The van der Waals surface area contributed by atoms with E-state index in [2.05, 4.69) is 21.3 Å². The molecule has 1 aromatic rings. The number of hydrogen-bond donors (Lipinski definition) is 1. The Hall–Kier alpha value is -0.930. The molecule has 1 N–H and O–H groups in total. The second-order valence-corrected chi connectivity index (χ2v) is 5.56. The zero-order chi connectivity index (χ0) is 12.2. The largest absolute Gasteiger partial charge is 0.312 e. The molecule has 0 aliphatic carbocycles. The molecule has 2 unspecified atom stereocenters. The van der Waals surface area contributed by atoms with Crippen LogP contribution in [0.15, 0.2) is 24.5 Å². The Labute approximate surface area is 110 Å². The van der Waals surface area contributed by atoms with Gasteiger partial charge in [0.2, 0.25) is 0 Å². The van der Waals surface area contributed by atoms with Crippen molar-refractivity contribution >= 4 is 0 Å². The number of pyridine rings is 1. The van der Waals surface area contributed by atoms with Crippen LogP contribution in [0.5, 0.6) is 0 Å². The molecule has 0 bridgehead atoms. The van der Waals surface area contributed by atoms with Gasteiger partial charge in [-0.25, -0.2) is 0 Å². The minimum absolute atomic E-state index is 0.751. The van der Waals surface area contributed by atoms with Crippen LogP contribution in [0.2, 0.25) is 0 Å². The number of rotatable bonds is 4. The van der Waals surface area contributed by atoms with Crippen LogP contribution in [-0.4, -0.2) is 41.6 Å². The molecular weight excluding hydrogens is 222 g/mol. The molecule has 3 heterocycles. The average Bonchev–Trinajstić information content (AvgIpc) is 3.08. The van der Waals surface area contributed by atoms with Crippen LogP contribution in [0, 0.1) is 0 Å². The summed E-state index contributed by atoms with van der Waals surface area (Å²) in [7, 11) is 0. The molecule has 0 amide bonds. The lowest BCUT2D eigenvalue weighted by Crippen LogP contribution is -2.44. The third-order valence-electron chi connectivity index (χ3n) is 4.39. The van der Waals surface area contributed by atoms with Crippen LogP contribution in [0.1, 0.15) is 31.2 Å². The number of nitrogens with zero attached hydrogens (tertiary/aromatic N) is 2. The molecule has 3 heteroatoms. The highest BCUT2D eigenvalue weighted by Gasteiger charge is 2.32. The summed E-state index contributed by atoms with van der Waals surface area (Å²) in [5, 5.41) is 3.67. The van der Waals surface area contributed by atoms with Crippen LogP contribution in [0.25, 0.3) is 0 Å². The quantitative estimate of drug-likeness (QED) is 0.877. The Morgan fingerprint density at radius 3 is 3.11 bits per heavy atom. The summed E-state index contributed by atoms with van der Waals surface area (Å²) in [6.45, 7) is 3.69. The van der Waals surface area contributed by atoms with Crippen LogP contribution < -0.4 is 5.32 Å². The smallest absolute Gasteiger partial charge is 0.0300 e. The van der Waals surface area contributed by atoms with E-state index in [0.717, 1.165) is 18.5 Å². The normalized spacial score (nSPS) is 28.9. The van der Waals surface area contributed by atoms with Crippen molar-refractivity contribution in [3.8, 4) is 0 Å². The predicted octanol–water partition coefficient (Wildman–Crippen LogP) is 1.84. The molecule has 2 saturated heterocycles. The molecule has 0 saturated carbocycles. The second-order valence-electron chi connectivity index (χ2n) is 5.56. The molecule has 0 radical (unpaired) electrons. The van der Waals surface area contributed by atoms with E-state index in [1.165, 1.54) is 50.9 Å². The van der Waals surface area contributed by atoms with Gasteiger partial charge >= 0.3 is 0 Å². The molecule has 2 fully saturated rings. The van der Waals surface area contributed by atoms with Crippen molar-refractivity contribution in [2.24, 2.45) is 0 Å². The Balaban J connectivity index is 1.55. The van der Waals surface area contributed by atoms with E-state index in [4.69, 9.17) is 0 Å². The summed E-state index contributed by atoms with van der Waals surface area (Å²) in [5.41, 5.74) is 1.36. The van der Waals surface area contributed by atoms with Gasteiger partial charge in [0.1, 0.15) is 0 Å². The molecular formula is C15H23N3. The van der Waals surface area contributed by atoms with Crippen molar-refractivity contribution in [3.63, 3.8) is 0 Å². The maximum atomic E-state index is 4.20. The summed E-state index contributed by atoms with van der Waals surface area (Å²) in [6, 6.07) is 5.76. The minimum Gasteiger partial charge on any atom is -0.312 e.